The van der Waals surface area contributed by atoms with E-state index in [9.17, 15) is 23.5 Å². The third-order valence-corrected chi connectivity index (χ3v) is 5.69. The van der Waals surface area contributed by atoms with E-state index in [1.54, 1.807) is 29.2 Å². The van der Waals surface area contributed by atoms with Crippen molar-refractivity contribution in [2.24, 2.45) is 0 Å². The van der Waals surface area contributed by atoms with Gasteiger partial charge in [-0.2, -0.15) is 0 Å². The van der Waals surface area contributed by atoms with Crippen LogP contribution in [-0.4, -0.2) is 73.2 Å². The Balaban J connectivity index is 1.81. The highest BCUT2D eigenvalue weighted by Gasteiger charge is 2.44. The molecule has 1 fully saturated rings. The fraction of sp³-hybridized carbons (Fsp3) is 0.304. The maximum Gasteiger partial charge on any atom is 0.282 e. The Labute approximate surface area is 184 Å². The van der Waals surface area contributed by atoms with Crippen molar-refractivity contribution in [3.63, 3.8) is 0 Å². The van der Waals surface area contributed by atoms with Crippen LogP contribution in [0.25, 0.3) is 5.57 Å². The lowest BCUT2D eigenvalue weighted by molar-refractivity contribution is -0.120. The molecule has 1 N–H and O–H groups in total. The number of anilines is 1. The van der Waals surface area contributed by atoms with Gasteiger partial charge in [-0.15, -0.1) is 0 Å². The molecule has 2 aliphatic rings. The normalized spacial score (nSPS) is 17.5. The van der Waals surface area contributed by atoms with E-state index < -0.39 is 29.1 Å². The average molecular weight is 443 g/mol. The number of halogens is 2. The van der Waals surface area contributed by atoms with Crippen molar-refractivity contribution < 1.29 is 28.2 Å². The van der Waals surface area contributed by atoms with Crippen LogP contribution in [0.5, 0.6) is 5.75 Å². The molecule has 0 saturated carbocycles. The fourth-order valence-corrected chi connectivity index (χ4v) is 4.12. The Bertz CT molecular complexity index is 1080. The molecule has 32 heavy (non-hydrogen) atoms. The number of hydrogen-bond acceptors (Lipinski definition) is 6. The van der Waals surface area contributed by atoms with Crippen LogP contribution < -0.4 is 9.64 Å². The van der Waals surface area contributed by atoms with Gasteiger partial charge in [0.25, 0.3) is 11.8 Å². The molecular weight excluding hydrogens is 420 g/mol. The van der Waals surface area contributed by atoms with E-state index in [1.165, 1.54) is 7.11 Å². The number of amides is 2. The number of aliphatic hydroxyl groups is 1. The number of carbonyl (C=O) groups is 2. The second-order valence-corrected chi connectivity index (χ2v) is 7.52. The molecule has 9 heteroatoms. The van der Waals surface area contributed by atoms with Crippen LogP contribution in [0.2, 0.25) is 0 Å². The van der Waals surface area contributed by atoms with Crippen LogP contribution >= 0.6 is 0 Å². The van der Waals surface area contributed by atoms with E-state index >= 15 is 0 Å². The number of methoxy groups -OCH3 is 1. The molecule has 2 aromatic carbocycles. The summed E-state index contributed by atoms with van der Waals surface area (Å²) in [6.45, 7) is 2.58. The Morgan fingerprint density at radius 2 is 1.72 bits per heavy atom. The highest BCUT2D eigenvalue weighted by Crippen LogP contribution is 2.39. The van der Waals surface area contributed by atoms with E-state index in [1.807, 2.05) is 4.90 Å². The maximum absolute atomic E-state index is 14.5. The van der Waals surface area contributed by atoms with Gasteiger partial charge >= 0.3 is 0 Å². The summed E-state index contributed by atoms with van der Waals surface area (Å²) in [5.41, 5.74) is 0.195. The third kappa shape index (κ3) is 3.85. The van der Waals surface area contributed by atoms with E-state index in [0.717, 1.165) is 18.2 Å². The van der Waals surface area contributed by atoms with Crippen LogP contribution in [0, 0.1) is 11.6 Å². The molecule has 0 spiro atoms. The number of carbonyl (C=O) groups excluding carboxylic acids is 2. The summed E-state index contributed by atoms with van der Waals surface area (Å²) in [5, 5.41) is 9.18. The number of ether oxygens (including phenoxy) is 1. The van der Waals surface area contributed by atoms with Crippen LogP contribution in [0.4, 0.5) is 14.5 Å². The van der Waals surface area contributed by atoms with Crippen LogP contribution in [-0.2, 0) is 9.59 Å². The average Bonchev–Trinajstić information content (AvgIpc) is 3.06. The summed E-state index contributed by atoms with van der Waals surface area (Å²) < 4.78 is 33.8. The molecule has 2 aliphatic heterocycles. The highest BCUT2D eigenvalue weighted by molar-refractivity contribution is 6.45. The van der Waals surface area contributed by atoms with Crippen LogP contribution in [0.15, 0.2) is 48.2 Å². The largest absolute Gasteiger partial charge is 0.496 e. The number of para-hydroxylation sites is 1. The first-order valence-electron chi connectivity index (χ1n) is 10.3. The second kappa shape index (κ2) is 9.05. The SMILES string of the molecule is COc1ccccc1C1=C(N2CCN(CCO)CC2)C(=O)N(c2cc(F)ccc2F)C1=O. The topological polar surface area (TPSA) is 73.3 Å². The van der Waals surface area contributed by atoms with Gasteiger partial charge in [0.05, 0.1) is 25.0 Å². The minimum Gasteiger partial charge on any atom is -0.496 e. The Hall–Kier alpha value is -3.30. The lowest BCUT2D eigenvalue weighted by Crippen LogP contribution is -2.48. The predicted octanol–water partition coefficient (Wildman–Crippen LogP) is 1.87. The van der Waals surface area contributed by atoms with Crippen molar-refractivity contribution in [1.82, 2.24) is 9.80 Å². The van der Waals surface area contributed by atoms with Gasteiger partial charge in [0, 0.05) is 44.4 Å². The van der Waals surface area contributed by atoms with Gasteiger partial charge in [-0.25, -0.2) is 13.7 Å². The quantitative estimate of drug-likeness (QED) is 0.688. The molecule has 0 aromatic heterocycles. The zero-order chi connectivity index (χ0) is 22.8. The zero-order valence-electron chi connectivity index (χ0n) is 17.6. The number of β-amino-alcohol motifs (C(OH)–C–C–N with tert-alkyl or cyclic N) is 1. The second-order valence-electron chi connectivity index (χ2n) is 7.52. The smallest absolute Gasteiger partial charge is 0.282 e. The van der Waals surface area contributed by atoms with Gasteiger partial charge in [0.2, 0.25) is 0 Å². The van der Waals surface area contributed by atoms with Gasteiger partial charge in [0.15, 0.2) is 0 Å². The fourth-order valence-electron chi connectivity index (χ4n) is 4.12. The van der Waals surface area contributed by atoms with Gasteiger partial charge in [-0.3, -0.25) is 14.5 Å². The van der Waals surface area contributed by atoms with Gasteiger partial charge < -0.3 is 14.7 Å². The molecule has 168 valence electrons. The number of rotatable bonds is 6. The molecule has 7 nitrogen and oxygen atoms in total. The molecule has 0 unspecified atom stereocenters. The molecule has 1 saturated heterocycles. The lowest BCUT2D eigenvalue weighted by Gasteiger charge is -2.36. The summed E-state index contributed by atoms with van der Waals surface area (Å²) in [7, 11) is 1.46. The standard InChI is InChI=1S/C23H23F2N3O4/c1-32-19-5-3-2-4-16(19)20-21(27-10-8-26(9-11-27)12-13-29)23(31)28(22(20)30)18-14-15(24)6-7-17(18)25/h2-7,14,29H,8-13H2,1H3. The van der Waals surface area contributed by atoms with Crippen molar-refractivity contribution in [2.45, 2.75) is 0 Å². The van der Waals surface area contributed by atoms with Crippen molar-refractivity contribution in [1.29, 1.82) is 0 Å². The first-order chi connectivity index (χ1) is 15.5. The first kappa shape index (κ1) is 21.9. The van der Waals surface area contributed by atoms with Gasteiger partial charge in [-0.05, 0) is 18.2 Å². The number of piperazine rings is 1. The zero-order valence-corrected chi connectivity index (χ0v) is 17.6. The van der Waals surface area contributed by atoms with Crippen LogP contribution in [0.1, 0.15) is 5.56 Å². The highest BCUT2D eigenvalue weighted by atomic mass is 19.1. The molecule has 0 aliphatic carbocycles. The Morgan fingerprint density at radius 3 is 2.41 bits per heavy atom. The Kier molecular flexibility index (Phi) is 6.20. The van der Waals surface area contributed by atoms with Gasteiger partial charge in [-0.1, -0.05) is 18.2 Å². The number of benzene rings is 2. The Morgan fingerprint density at radius 1 is 1.00 bits per heavy atom. The van der Waals surface area contributed by atoms with E-state index in [2.05, 4.69) is 0 Å². The van der Waals surface area contributed by atoms with E-state index in [0.29, 0.717) is 48.9 Å². The first-order valence-corrected chi connectivity index (χ1v) is 10.3. The number of nitrogens with zero attached hydrogens (tertiary/aromatic N) is 3. The molecular formula is C23H23F2N3O4. The number of aliphatic hydroxyl groups excluding tert-OH is 1. The lowest BCUT2D eigenvalue weighted by atomic mass is 10.0. The van der Waals surface area contributed by atoms with E-state index in [-0.39, 0.29) is 17.9 Å². The van der Waals surface area contributed by atoms with Crippen molar-refractivity contribution in [2.75, 3.05) is 51.3 Å². The minimum atomic E-state index is -0.874. The minimum absolute atomic E-state index is 0.0270. The summed E-state index contributed by atoms with van der Waals surface area (Å²) in [6, 6.07) is 9.44. The predicted molar refractivity (Wildman–Crippen MR) is 114 cm³/mol. The third-order valence-electron chi connectivity index (χ3n) is 5.69. The number of imide groups is 1. The van der Waals surface area contributed by atoms with E-state index in [4.69, 9.17) is 4.74 Å². The molecule has 4 rings (SSSR count). The molecule has 0 radical (unpaired) electrons. The molecule has 2 amide bonds. The molecule has 0 bridgehead atoms. The summed E-state index contributed by atoms with van der Waals surface area (Å²) in [4.78, 5) is 31.5. The maximum atomic E-state index is 14.5. The van der Waals surface area contributed by atoms with Gasteiger partial charge in [0.1, 0.15) is 23.1 Å². The number of hydrogen-bond donors (Lipinski definition) is 1. The molecule has 2 aromatic rings. The monoisotopic (exact) mass is 443 g/mol. The molecule has 0 atom stereocenters. The molecule has 2 heterocycles. The summed E-state index contributed by atoms with van der Waals surface area (Å²) in [5.74, 6) is -2.69. The van der Waals surface area contributed by atoms with Crippen molar-refractivity contribution in [3.8, 4) is 5.75 Å². The van der Waals surface area contributed by atoms with Crippen molar-refractivity contribution in [3.05, 3.63) is 65.4 Å². The van der Waals surface area contributed by atoms with Crippen molar-refractivity contribution >= 4 is 23.1 Å². The summed E-state index contributed by atoms with van der Waals surface area (Å²) >= 11 is 0. The summed E-state index contributed by atoms with van der Waals surface area (Å²) in [6.07, 6.45) is 0. The van der Waals surface area contributed by atoms with Crippen LogP contribution in [0.3, 0.4) is 0 Å².